The molecule has 0 saturated carbocycles. The zero-order chi connectivity index (χ0) is 18.3. The Bertz CT molecular complexity index is 927. The molecule has 0 saturated heterocycles. The van der Waals surface area contributed by atoms with Gasteiger partial charge in [0.2, 0.25) is 0 Å². The zero-order valence-electron chi connectivity index (χ0n) is 15.9. The fourth-order valence-electron chi connectivity index (χ4n) is 4.16. The number of hydrogen-bond acceptors (Lipinski definition) is 3. The summed E-state index contributed by atoms with van der Waals surface area (Å²) in [4.78, 5) is 6.48. The highest BCUT2D eigenvalue weighted by molar-refractivity contribution is 5.86. The molecule has 1 N–H and O–H groups in total. The van der Waals surface area contributed by atoms with Gasteiger partial charge >= 0.3 is 0 Å². The van der Waals surface area contributed by atoms with Crippen molar-refractivity contribution in [3.05, 3.63) is 65.1 Å². The predicted octanol–water partition coefficient (Wildman–Crippen LogP) is 3.28. The molecule has 1 atom stereocenters. The highest BCUT2D eigenvalue weighted by Gasteiger charge is 2.28. The number of aliphatic hydroxyl groups is 1. The van der Waals surface area contributed by atoms with E-state index in [1.165, 1.54) is 27.7 Å². The molecule has 1 unspecified atom stereocenters. The van der Waals surface area contributed by atoms with Gasteiger partial charge in [-0.25, -0.2) is 0 Å². The van der Waals surface area contributed by atoms with Crippen LogP contribution in [0.1, 0.15) is 29.3 Å². The van der Waals surface area contributed by atoms with Crippen molar-refractivity contribution in [2.45, 2.75) is 38.8 Å². The lowest BCUT2D eigenvalue weighted by atomic mass is 9.97. The van der Waals surface area contributed by atoms with Gasteiger partial charge in [0.15, 0.2) is 0 Å². The number of fused-ring (bicyclic) bond motifs is 3. The van der Waals surface area contributed by atoms with Crippen LogP contribution in [0.5, 0.6) is 0 Å². The maximum absolute atomic E-state index is 11.2. The Morgan fingerprint density at radius 1 is 1.12 bits per heavy atom. The first-order valence-corrected chi connectivity index (χ1v) is 9.38. The molecule has 0 aliphatic carbocycles. The third-order valence-electron chi connectivity index (χ3n) is 5.68. The number of aromatic nitrogens is 2. The zero-order valence-corrected chi connectivity index (χ0v) is 15.9. The number of pyridine rings is 1. The van der Waals surface area contributed by atoms with Crippen molar-refractivity contribution >= 4 is 10.9 Å². The van der Waals surface area contributed by atoms with Crippen LogP contribution in [-0.2, 0) is 25.0 Å². The second-order valence-corrected chi connectivity index (χ2v) is 7.85. The molecule has 4 nitrogen and oxygen atoms in total. The minimum atomic E-state index is -0.939. The molecule has 0 spiro atoms. The lowest BCUT2D eigenvalue weighted by molar-refractivity contribution is 0.0387. The Hall–Kier alpha value is -2.17. The minimum absolute atomic E-state index is 0.551. The molecular weight excluding hydrogens is 322 g/mol. The second kappa shape index (κ2) is 6.53. The molecule has 0 radical (unpaired) electrons. The van der Waals surface area contributed by atoms with Gasteiger partial charge in [0.1, 0.15) is 5.60 Å². The van der Waals surface area contributed by atoms with Gasteiger partial charge in [-0.2, -0.15) is 0 Å². The molecule has 136 valence electrons. The molecule has 26 heavy (non-hydrogen) atoms. The lowest BCUT2D eigenvalue weighted by Crippen LogP contribution is -2.29. The third kappa shape index (κ3) is 3.04. The summed E-state index contributed by atoms with van der Waals surface area (Å²) in [5.41, 5.74) is 5.32. The van der Waals surface area contributed by atoms with Crippen LogP contribution in [0.2, 0.25) is 0 Å². The summed E-state index contributed by atoms with van der Waals surface area (Å²) in [5, 5.41) is 12.6. The number of hydrogen-bond donors (Lipinski definition) is 1. The molecule has 0 amide bonds. The van der Waals surface area contributed by atoms with Crippen molar-refractivity contribution in [2.75, 3.05) is 20.1 Å². The molecule has 1 aliphatic rings. The predicted molar refractivity (Wildman–Crippen MR) is 105 cm³/mol. The van der Waals surface area contributed by atoms with Gasteiger partial charge in [0.05, 0.1) is 6.54 Å². The lowest BCUT2D eigenvalue weighted by Gasteiger charge is -2.26. The summed E-state index contributed by atoms with van der Waals surface area (Å²) >= 11 is 0. The Kier molecular flexibility index (Phi) is 4.33. The smallest absolute Gasteiger partial charge is 0.105 e. The van der Waals surface area contributed by atoms with Crippen LogP contribution in [-0.4, -0.2) is 39.7 Å². The van der Waals surface area contributed by atoms with Crippen LogP contribution in [0.25, 0.3) is 10.9 Å². The first-order valence-electron chi connectivity index (χ1n) is 9.38. The van der Waals surface area contributed by atoms with E-state index in [4.69, 9.17) is 0 Å². The number of rotatable bonds is 3. The molecule has 3 aromatic rings. The van der Waals surface area contributed by atoms with Crippen molar-refractivity contribution in [1.82, 2.24) is 14.5 Å². The summed E-state index contributed by atoms with van der Waals surface area (Å²) in [6.07, 6.45) is 5.58. The van der Waals surface area contributed by atoms with E-state index in [1.807, 2.05) is 19.1 Å². The van der Waals surface area contributed by atoms with E-state index in [0.29, 0.717) is 6.54 Å². The second-order valence-electron chi connectivity index (χ2n) is 7.85. The van der Waals surface area contributed by atoms with E-state index < -0.39 is 5.60 Å². The normalized spacial score (nSPS) is 17.7. The van der Waals surface area contributed by atoms with Crippen LogP contribution in [0.4, 0.5) is 0 Å². The maximum atomic E-state index is 11.2. The Balaban J connectivity index is 1.84. The summed E-state index contributed by atoms with van der Waals surface area (Å²) in [6, 6.07) is 10.5. The van der Waals surface area contributed by atoms with Gasteiger partial charge in [0, 0.05) is 48.5 Å². The highest BCUT2D eigenvalue weighted by Crippen LogP contribution is 2.33. The van der Waals surface area contributed by atoms with Gasteiger partial charge in [0.25, 0.3) is 0 Å². The first-order chi connectivity index (χ1) is 12.5. The molecule has 1 aliphatic heterocycles. The van der Waals surface area contributed by atoms with Crippen LogP contribution in [0, 0.1) is 6.92 Å². The molecule has 0 fully saturated rings. The maximum Gasteiger partial charge on any atom is 0.105 e. The van der Waals surface area contributed by atoms with Crippen molar-refractivity contribution in [3.63, 3.8) is 0 Å². The number of benzene rings is 1. The van der Waals surface area contributed by atoms with E-state index in [2.05, 4.69) is 46.6 Å². The van der Waals surface area contributed by atoms with E-state index in [1.54, 1.807) is 12.4 Å². The SMILES string of the molecule is Cc1ccc2c(c1)c1c(n2CC(C)(O)c2ccncc2)CCN(C)CC1. The monoisotopic (exact) mass is 349 g/mol. The standard InChI is InChI=1S/C22H27N3O/c1-16-4-5-20-19(14-16)18-8-12-24(3)13-9-21(18)25(20)15-22(2,26)17-6-10-23-11-7-17/h4-7,10-11,14,26H,8-9,12-13,15H2,1-3H3. The van der Waals surface area contributed by atoms with Crippen LogP contribution >= 0.6 is 0 Å². The molecular formula is C22H27N3O. The Morgan fingerprint density at radius 2 is 1.85 bits per heavy atom. The molecule has 4 rings (SSSR count). The fraction of sp³-hybridized carbons (Fsp3) is 0.409. The largest absolute Gasteiger partial charge is 0.384 e. The topological polar surface area (TPSA) is 41.3 Å². The first kappa shape index (κ1) is 17.3. The Labute approximate surface area is 155 Å². The van der Waals surface area contributed by atoms with Gasteiger partial charge in [-0.3, -0.25) is 4.98 Å². The summed E-state index contributed by atoms with van der Waals surface area (Å²) in [7, 11) is 2.19. The van der Waals surface area contributed by atoms with E-state index in [9.17, 15) is 5.11 Å². The average molecular weight is 349 g/mol. The van der Waals surface area contributed by atoms with Crippen molar-refractivity contribution in [1.29, 1.82) is 0 Å². The minimum Gasteiger partial charge on any atom is -0.384 e. The molecule has 1 aromatic carbocycles. The number of nitrogens with zero attached hydrogens (tertiary/aromatic N) is 3. The molecule has 3 heterocycles. The van der Waals surface area contributed by atoms with Crippen LogP contribution in [0.15, 0.2) is 42.7 Å². The molecule has 2 aromatic heterocycles. The van der Waals surface area contributed by atoms with E-state index >= 15 is 0 Å². The number of aryl methyl sites for hydroxylation is 1. The fourth-order valence-corrected chi connectivity index (χ4v) is 4.16. The third-order valence-corrected chi connectivity index (χ3v) is 5.68. The van der Waals surface area contributed by atoms with Crippen molar-refractivity contribution < 1.29 is 5.11 Å². The quantitative estimate of drug-likeness (QED) is 0.789. The average Bonchev–Trinajstić information content (AvgIpc) is 2.76. The number of likely N-dealkylation sites (N-methyl/N-ethyl adjacent to an activating group) is 1. The summed E-state index contributed by atoms with van der Waals surface area (Å²) < 4.78 is 2.35. The van der Waals surface area contributed by atoms with Gasteiger partial charge in [-0.15, -0.1) is 0 Å². The highest BCUT2D eigenvalue weighted by atomic mass is 16.3. The van der Waals surface area contributed by atoms with Crippen molar-refractivity contribution in [2.24, 2.45) is 0 Å². The van der Waals surface area contributed by atoms with Gasteiger partial charge < -0.3 is 14.6 Å². The van der Waals surface area contributed by atoms with Crippen LogP contribution < -0.4 is 0 Å². The molecule has 0 bridgehead atoms. The van der Waals surface area contributed by atoms with E-state index in [-0.39, 0.29) is 0 Å². The van der Waals surface area contributed by atoms with E-state index in [0.717, 1.165) is 31.5 Å². The van der Waals surface area contributed by atoms with Gasteiger partial charge in [-0.1, -0.05) is 11.6 Å². The van der Waals surface area contributed by atoms with Crippen molar-refractivity contribution in [3.8, 4) is 0 Å². The van der Waals surface area contributed by atoms with Crippen LogP contribution in [0.3, 0.4) is 0 Å². The molecule has 4 heteroatoms. The Morgan fingerprint density at radius 3 is 2.62 bits per heavy atom. The summed E-state index contributed by atoms with van der Waals surface area (Å²) in [5.74, 6) is 0. The summed E-state index contributed by atoms with van der Waals surface area (Å²) in [6.45, 7) is 6.74. The van der Waals surface area contributed by atoms with Gasteiger partial charge in [-0.05, 0) is 62.7 Å².